The molecule has 5 heteroatoms. The highest BCUT2D eigenvalue weighted by Crippen LogP contribution is 2.19. The van der Waals surface area contributed by atoms with Gasteiger partial charge in [-0.05, 0) is 18.6 Å². The Morgan fingerprint density at radius 3 is 2.50 bits per heavy atom. The van der Waals surface area contributed by atoms with Crippen LogP contribution in [-0.2, 0) is 16.1 Å². The Kier molecular flexibility index (Phi) is 5.81. The summed E-state index contributed by atoms with van der Waals surface area (Å²) in [5.41, 5.74) is 2.61. The van der Waals surface area contributed by atoms with Crippen molar-refractivity contribution in [2.75, 3.05) is 19.7 Å². The Hall–Kier alpha value is -2.92. The molecule has 0 fully saturated rings. The standard InChI is InChI=1S/C21H22N2O3/c1-2-26-21(25)15-23(13-16-8-4-3-5-9-16)14-20(24)18-12-22-19-11-7-6-10-17(18)19/h3-12,22H,2,13-15H2,1H3. The second-order valence-electron chi connectivity index (χ2n) is 6.11. The first-order chi connectivity index (χ1) is 12.7. The summed E-state index contributed by atoms with van der Waals surface area (Å²) in [7, 11) is 0. The van der Waals surface area contributed by atoms with Gasteiger partial charge >= 0.3 is 5.97 Å². The predicted octanol–water partition coefficient (Wildman–Crippen LogP) is 3.42. The molecule has 1 aromatic heterocycles. The number of nitrogens with zero attached hydrogens (tertiary/aromatic N) is 1. The first-order valence-corrected chi connectivity index (χ1v) is 8.68. The number of rotatable bonds is 8. The fraction of sp³-hybridized carbons (Fsp3) is 0.238. The third-order valence-electron chi connectivity index (χ3n) is 4.16. The number of aromatic nitrogens is 1. The summed E-state index contributed by atoms with van der Waals surface area (Å²) in [6.07, 6.45) is 1.73. The molecule has 0 saturated carbocycles. The average Bonchev–Trinajstić information content (AvgIpc) is 3.07. The van der Waals surface area contributed by atoms with Crippen LogP contribution in [0.15, 0.2) is 60.8 Å². The molecule has 26 heavy (non-hydrogen) atoms. The van der Waals surface area contributed by atoms with Crippen molar-refractivity contribution in [3.8, 4) is 0 Å². The van der Waals surface area contributed by atoms with Crippen LogP contribution in [0.3, 0.4) is 0 Å². The van der Waals surface area contributed by atoms with Gasteiger partial charge in [-0.25, -0.2) is 0 Å². The van der Waals surface area contributed by atoms with E-state index in [4.69, 9.17) is 4.74 Å². The van der Waals surface area contributed by atoms with Gasteiger partial charge in [-0.2, -0.15) is 0 Å². The summed E-state index contributed by atoms with van der Waals surface area (Å²) in [5.74, 6) is -0.349. The molecule has 0 amide bonds. The highest BCUT2D eigenvalue weighted by molar-refractivity contribution is 6.08. The molecule has 0 aliphatic rings. The van der Waals surface area contributed by atoms with Crippen molar-refractivity contribution in [3.05, 3.63) is 71.9 Å². The number of esters is 1. The zero-order valence-corrected chi connectivity index (χ0v) is 14.8. The number of carbonyl (C=O) groups is 2. The lowest BCUT2D eigenvalue weighted by molar-refractivity contribution is -0.144. The van der Waals surface area contributed by atoms with Gasteiger partial charge in [-0.1, -0.05) is 48.5 Å². The number of ether oxygens (including phenoxy) is 1. The van der Waals surface area contributed by atoms with E-state index >= 15 is 0 Å². The van der Waals surface area contributed by atoms with E-state index in [9.17, 15) is 9.59 Å². The summed E-state index contributed by atoms with van der Waals surface area (Å²) >= 11 is 0. The summed E-state index contributed by atoms with van der Waals surface area (Å²) in [6.45, 7) is 2.84. The number of H-pyrrole nitrogens is 1. The minimum atomic E-state index is -0.324. The van der Waals surface area contributed by atoms with Crippen molar-refractivity contribution in [1.82, 2.24) is 9.88 Å². The molecular formula is C21H22N2O3. The molecule has 0 bridgehead atoms. The largest absolute Gasteiger partial charge is 0.465 e. The lowest BCUT2D eigenvalue weighted by atomic mass is 10.1. The molecular weight excluding hydrogens is 328 g/mol. The van der Waals surface area contributed by atoms with Gasteiger partial charge in [-0.15, -0.1) is 0 Å². The molecule has 3 rings (SSSR count). The molecule has 2 aromatic carbocycles. The van der Waals surface area contributed by atoms with Crippen LogP contribution >= 0.6 is 0 Å². The highest BCUT2D eigenvalue weighted by atomic mass is 16.5. The Bertz CT molecular complexity index is 886. The second kappa shape index (κ2) is 8.45. The molecule has 0 unspecified atom stereocenters. The van der Waals surface area contributed by atoms with Crippen LogP contribution in [0.25, 0.3) is 10.9 Å². The number of ketones is 1. The van der Waals surface area contributed by atoms with E-state index in [0.29, 0.717) is 18.7 Å². The fourth-order valence-corrected chi connectivity index (χ4v) is 2.99. The summed E-state index contributed by atoms with van der Waals surface area (Å²) in [4.78, 5) is 29.7. The number of carbonyl (C=O) groups excluding carboxylic acids is 2. The van der Waals surface area contributed by atoms with Crippen molar-refractivity contribution >= 4 is 22.7 Å². The molecule has 0 spiro atoms. The Morgan fingerprint density at radius 1 is 1.00 bits per heavy atom. The number of aromatic amines is 1. The van der Waals surface area contributed by atoms with Crippen LogP contribution in [0.2, 0.25) is 0 Å². The highest BCUT2D eigenvalue weighted by Gasteiger charge is 2.19. The van der Waals surface area contributed by atoms with Gasteiger partial charge in [0.05, 0.1) is 19.7 Å². The zero-order valence-electron chi connectivity index (χ0n) is 14.8. The quantitative estimate of drug-likeness (QED) is 0.499. The first kappa shape index (κ1) is 17.9. The Morgan fingerprint density at radius 2 is 1.73 bits per heavy atom. The van der Waals surface area contributed by atoms with Crippen LogP contribution in [0.1, 0.15) is 22.8 Å². The lowest BCUT2D eigenvalue weighted by Crippen LogP contribution is -2.35. The van der Waals surface area contributed by atoms with E-state index in [0.717, 1.165) is 16.5 Å². The fourth-order valence-electron chi connectivity index (χ4n) is 2.99. The van der Waals surface area contributed by atoms with Gasteiger partial charge < -0.3 is 9.72 Å². The van der Waals surface area contributed by atoms with Crippen LogP contribution < -0.4 is 0 Å². The van der Waals surface area contributed by atoms with Crippen LogP contribution in [0.5, 0.6) is 0 Å². The number of fused-ring (bicyclic) bond motifs is 1. The topological polar surface area (TPSA) is 62.4 Å². The molecule has 0 radical (unpaired) electrons. The van der Waals surface area contributed by atoms with E-state index < -0.39 is 0 Å². The van der Waals surface area contributed by atoms with E-state index in [1.165, 1.54) is 0 Å². The lowest BCUT2D eigenvalue weighted by Gasteiger charge is -2.20. The van der Waals surface area contributed by atoms with E-state index in [2.05, 4.69) is 4.98 Å². The maximum absolute atomic E-state index is 12.8. The van der Waals surface area contributed by atoms with E-state index in [1.54, 1.807) is 13.1 Å². The van der Waals surface area contributed by atoms with Gasteiger partial charge in [0.15, 0.2) is 5.78 Å². The van der Waals surface area contributed by atoms with Gasteiger partial charge in [0.1, 0.15) is 0 Å². The van der Waals surface area contributed by atoms with Crippen molar-refractivity contribution in [1.29, 1.82) is 0 Å². The number of para-hydroxylation sites is 1. The maximum Gasteiger partial charge on any atom is 0.320 e. The molecule has 0 aliphatic carbocycles. The minimum Gasteiger partial charge on any atom is -0.465 e. The molecule has 1 heterocycles. The van der Waals surface area contributed by atoms with Crippen LogP contribution in [0.4, 0.5) is 0 Å². The number of Topliss-reactive ketones (excluding diaryl/α,β-unsaturated/α-hetero) is 1. The van der Waals surface area contributed by atoms with Crippen molar-refractivity contribution in [2.45, 2.75) is 13.5 Å². The second-order valence-corrected chi connectivity index (χ2v) is 6.11. The molecule has 0 aliphatic heterocycles. The predicted molar refractivity (Wildman–Crippen MR) is 101 cm³/mol. The van der Waals surface area contributed by atoms with Crippen molar-refractivity contribution < 1.29 is 14.3 Å². The number of hydrogen-bond donors (Lipinski definition) is 1. The van der Waals surface area contributed by atoms with Crippen molar-refractivity contribution in [3.63, 3.8) is 0 Å². The van der Waals surface area contributed by atoms with E-state index in [-0.39, 0.29) is 24.8 Å². The Labute approximate surface area is 152 Å². The molecule has 1 N–H and O–H groups in total. The summed E-state index contributed by atoms with van der Waals surface area (Å²) < 4.78 is 5.05. The normalized spacial score (nSPS) is 11.0. The number of nitrogens with one attached hydrogen (secondary N) is 1. The number of benzene rings is 2. The van der Waals surface area contributed by atoms with Crippen LogP contribution in [0, 0.1) is 0 Å². The molecule has 3 aromatic rings. The molecule has 0 atom stereocenters. The van der Waals surface area contributed by atoms with Crippen molar-refractivity contribution in [2.24, 2.45) is 0 Å². The van der Waals surface area contributed by atoms with Gasteiger partial charge in [0.25, 0.3) is 0 Å². The SMILES string of the molecule is CCOC(=O)CN(CC(=O)c1c[nH]c2ccccc12)Cc1ccccc1. The van der Waals surface area contributed by atoms with Gasteiger partial charge in [0.2, 0.25) is 0 Å². The smallest absolute Gasteiger partial charge is 0.320 e. The first-order valence-electron chi connectivity index (χ1n) is 8.68. The van der Waals surface area contributed by atoms with Crippen LogP contribution in [-0.4, -0.2) is 41.3 Å². The Balaban J connectivity index is 1.77. The van der Waals surface area contributed by atoms with Gasteiger partial charge in [-0.3, -0.25) is 14.5 Å². The number of hydrogen-bond acceptors (Lipinski definition) is 4. The average molecular weight is 350 g/mol. The minimum absolute atomic E-state index is 0.0253. The zero-order chi connectivity index (χ0) is 18.4. The third kappa shape index (κ3) is 4.37. The molecule has 134 valence electrons. The monoisotopic (exact) mass is 350 g/mol. The van der Waals surface area contributed by atoms with Gasteiger partial charge in [0, 0.05) is 29.2 Å². The molecule has 5 nitrogen and oxygen atoms in total. The third-order valence-corrected chi connectivity index (χ3v) is 4.16. The van der Waals surface area contributed by atoms with E-state index in [1.807, 2.05) is 59.5 Å². The summed E-state index contributed by atoms with van der Waals surface area (Å²) in [6, 6.07) is 17.5. The molecule has 0 saturated heterocycles. The maximum atomic E-state index is 12.8. The summed E-state index contributed by atoms with van der Waals surface area (Å²) in [5, 5.41) is 0.897.